The molecule has 0 N–H and O–H groups in total. The Morgan fingerprint density at radius 1 is 0.947 bits per heavy atom. The van der Waals surface area contributed by atoms with Crippen LogP contribution in [0.25, 0.3) is 0 Å². The van der Waals surface area contributed by atoms with Gasteiger partial charge in [0.25, 0.3) is 0 Å². The van der Waals surface area contributed by atoms with Gasteiger partial charge >= 0.3 is 0 Å². The van der Waals surface area contributed by atoms with E-state index in [-0.39, 0.29) is 18.0 Å². The average Bonchev–Trinajstić information content (AvgIpc) is 2.37. The van der Waals surface area contributed by atoms with Crippen LogP contribution in [0.3, 0.4) is 0 Å². The molecule has 0 radical (unpaired) electrons. The number of Topliss-reactive ketones (excluding diaryl/α,β-unsaturated/α-hetero) is 1. The Balaban J connectivity index is 2.05. The summed E-state index contributed by atoms with van der Waals surface area (Å²) in [5, 5.41) is 0. The van der Waals surface area contributed by atoms with E-state index < -0.39 is 0 Å². The molecule has 19 heavy (non-hydrogen) atoms. The quantitative estimate of drug-likeness (QED) is 0.745. The maximum absolute atomic E-state index is 13.5. The normalized spacial score (nSPS) is 10.5. The van der Waals surface area contributed by atoms with Crippen molar-refractivity contribution < 1.29 is 9.18 Å². The predicted octanol–water partition coefficient (Wildman–Crippen LogP) is 4.71. The number of hydrogen-bond donors (Lipinski definition) is 0. The first-order valence-electron chi connectivity index (χ1n) is 5.74. The van der Waals surface area contributed by atoms with E-state index >= 15 is 0 Å². The standard InChI is InChI=1S/C15H11Br2FO/c16-12-3-1-10(2-4-12)7-14(19)9-11-8-13(17)5-6-15(11)18/h1-6,8H,7,9H2. The van der Waals surface area contributed by atoms with Crippen LogP contribution in [0.5, 0.6) is 0 Å². The Morgan fingerprint density at radius 3 is 2.26 bits per heavy atom. The zero-order valence-electron chi connectivity index (χ0n) is 10.00. The fourth-order valence-corrected chi connectivity index (χ4v) is 2.46. The third kappa shape index (κ3) is 4.25. The molecule has 0 aliphatic heterocycles. The molecular formula is C15H11Br2FO. The second-order valence-corrected chi connectivity index (χ2v) is 6.09. The van der Waals surface area contributed by atoms with Crippen LogP contribution >= 0.6 is 31.9 Å². The lowest BCUT2D eigenvalue weighted by atomic mass is 10.0. The molecule has 0 amide bonds. The minimum absolute atomic E-state index is 0.000627. The van der Waals surface area contributed by atoms with Crippen molar-refractivity contribution in [1.82, 2.24) is 0 Å². The number of halogens is 3. The van der Waals surface area contributed by atoms with E-state index in [1.807, 2.05) is 24.3 Å². The Bertz CT molecular complexity index is 594. The van der Waals surface area contributed by atoms with Crippen molar-refractivity contribution in [2.45, 2.75) is 12.8 Å². The molecule has 0 bridgehead atoms. The fraction of sp³-hybridized carbons (Fsp3) is 0.133. The molecule has 0 heterocycles. The van der Waals surface area contributed by atoms with E-state index in [4.69, 9.17) is 0 Å². The van der Waals surface area contributed by atoms with E-state index in [1.165, 1.54) is 6.07 Å². The van der Waals surface area contributed by atoms with E-state index in [0.717, 1.165) is 14.5 Å². The van der Waals surface area contributed by atoms with Crippen LogP contribution in [0.1, 0.15) is 11.1 Å². The van der Waals surface area contributed by atoms with Crippen molar-refractivity contribution in [3.05, 3.63) is 68.4 Å². The molecule has 1 nitrogen and oxygen atoms in total. The molecule has 2 aromatic rings. The lowest BCUT2D eigenvalue weighted by Crippen LogP contribution is -2.08. The smallest absolute Gasteiger partial charge is 0.141 e. The molecule has 4 heteroatoms. The summed E-state index contributed by atoms with van der Waals surface area (Å²) in [5.41, 5.74) is 1.36. The molecule has 0 aliphatic rings. The second-order valence-electron chi connectivity index (χ2n) is 4.25. The molecule has 2 aromatic carbocycles. The van der Waals surface area contributed by atoms with Gasteiger partial charge in [0.1, 0.15) is 11.6 Å². The van der Waals surface area contributed by atoms with Gasteiger partial charge in [-0.05, 0) is 41.5 Å². The van der Waals surface area contributed by atoms with Gasteiger partial charge in [0.2, 0.25) is 0 Å². The second kappa shape index (κ2) is 6.44. The Hall–Kier alpha value is -1.00. The van der Waals surface area contributed by atoms with Gasteiger partial charge in [-0.25, -0.2) is 4.39 Å². The van der Waals surface area contributed by atoms with Crippen LogP contribution in [-0.4, -0.2) is 5.78 Å². The Morgan fingerprint density at radius 2 is 1.58 bits per heavy atom. The minimum Gasteiger partial charge on any atom is -0.299 e. The van der Waals surface area contributed by atoms with Gasteiger partial charge in [0.05, 0.1) is 0 Å². The predicted molar refractivity (Wildman–Crippen MR) is 80.7 cm³/mol. The number of carbonyl (C=O) groups is 1. The third-order valence-electron chi connectivity index (χ3n) is 2.71. The van der Waals surface area contributed by atoms with Crippen molar-refractivity contribution in [3.63, 3.8) is 0 Å². The van der Waals surface area contributed by atoms with Gasteiger partial charge in [0, 0.05) is 21.8 Å². The number of hydrogen-bond acceptors (Lipinski definition) is 1. The summed E-state index contributed by atoms with van der Waals surface area (Å²) in [6, 6.07) is 12.2. The van der Waals surface area contributed by atoms with E-state index in [0.29, 0.717) is 12.0 Å². The molecule has 0 saturated carbocycles. The first-order chi connectivity index (χ1) is 9.04. The van der Waals surface area contributed by atoms with Crippen molar-refractivity contribution in [2.24, 2.45) is 0 Å². The van der Waals surface area contributed by atoms with Gasteiger partial charge in [-0.15, -0.1) is 0 Å². The monoisotopic (exact) mass is 384 g/mol. The topological polar surface area (TPSA) is 17.1 Å². The summed E-state index contributed by atoms with van der Waals surface area (Å²) in [6.07, 6.45) is 0.431. The highest BCUT2D eigenvalue weighted by Crippen LogP contribution is 2.17. The minimum atomic E-state index is -0.340. The summed E-state index contributed by atoms with van der Waals surface area (Å²) < 4.78 is 15.3. The molecule has 0 aliphatic carbocycles. The summed E-state index contributed by atoms with van der Waals surface area (Å²) in [5.74, 6) is -0.341. The zero-order chi connectivity index (χ0) is 13.8. The van der Waals surface area contributed by atoms with Gasteiger partial charge in [-0.1, -0.05) is 44.0 Å². The summed E-state index contributed by atoms with van der Waals surface area (Å²) in [7, 11) is 0. The van der Waals surface area contributed by atoms with Crippen LogP contribution in [0.15, 0.2) is 51.4 Å². The van der Waals surface area contributed by atoms with Crippen LogP contribution < -0.4 is 0 Å². The van der Waals surface area contributed by atoms with Crippen LogP contribution in [0.4, 0.5) is 4.39 Å². The molecule has 0 saturated heterocycles. The van der Waals surface area contributed by atoms with Crippen LogP contribution in [-0.2, 0) is 17.6 Å². The molecule has 98 valence electrons. The summed E-state index contributed by atoms with van der Waals surface area (Å²) >= 11 is 6.62. The van der Waals surface area contributed by atoms with Crippen molar-refractivity contribution in [2.75, 3.05) is 0 Å². The van der Waals surface area contributed by atoms with E-state index in [2.05, 4.69) is 31.9 Å². The fourth-order valence-electron chi connectivity index (χ4n) is 1.78. The van der Waals surface area contributed by atoms with Gasteiger partial charge in [0.15, 0.2) is 0 Å². The summed E-state index contributed by atoms with van der Waals surface area (Å²) in [4.78, 5) is 11.9. The molecule has 0 spiro atoms. The van der Waals surface area contributed by atoms with Crippen molar-refractivity contribution >= 4 is 37.6 Å². The first kappa shape index (κ1) is 14.4. The van der Waals surface area contributed by atoms with Crippen LogP contribution in [0.2, 0.25) is 0 Å². The Kier molecular flexibility index (Phi) is 4.88. The molecule has 0 atom stereocenters. The highest BCUT2D eigenvalue weighted by atomic mass is 79.9. The average molecular weight is 386 g/mol. The highest BCUT2D eigenvalue weighted by molar-refractivity contribution is 9.10. The molecule has 0 fully saturated rings. The Labute approximate surface area is 128 Å². The lowest BCUT2D eigenvalue weighted by molar-refractivity contribution is -0.117. The molecule has 0 aromatic heterocycles. The maximum atomic E-state index is 13.5. The number of ketones is 1. The molecular weight excluding hydrogens is 375 g/mol. The molecule has 0 unspecified atom stereocenters. The van der Waals surface area contributed by atoms with E-state index in [9.17, 15) is 9.18 Å². The lowest BCUT2D eigenvalue weighted by Gasteiger charge is -2.04. The van der Waals surface area contributed by atoms with Crippen molar-refractivity contribution in [1.29, 1.82) is 0 Å². The zero-order valence-corrected chi connectivity index (χ0v) is 13.2. The number of rotatable bonds is 4. The third-order valence-corrected chi connectivity index (χ3v) is 3.73. The SMILES string of the molecule is O=C(Cc1ccc(Br)cc1)Cc1cc(Br)ccc1F. The summed E-state index contributed by atoms with van der Waals surface area (Å²) in [6.45, 7) is 0. The van der Waals surface area contributed by atoms with Gasteiger partial charge < -0.3 is 0 Å². The highest BCUT2D eigenvalue weighted by Gasteiger charge is 2.09. The first-order valence-corrected chi connectivity index (χ1v) is 7.33. The van der Waals surface area contributed by atoms with Gasteiger partial charge in [-0.2, -0.15) is 0 Å². The maximum Gasteiger partial charge on any atom is 0.141 e. The number of benzene rings is 2. The number of carbonyl (C=O) groups excluding carboxylic acids is 1. The van der Waals surface area contributed by atoms with E-state index in [1.54, 1.807) is 12.1 Å². The van der Waals surface area contributed by atoms with Crippen molar-refractivity contribution in [3.8, 4) is 0 Å². The largest absolute Gasteiger partial charge is 0.299 e. The van der Waals surface area contributed by atoms with Gasteiger partial charge in [-0.3, -0.25) is 4.79 Å². The molecule has 2 rings (SSSR count). The van der Waals surface area contributed by atoms with Crippen LogP contribution in [0, 0.1) is 5.82 Å².